The Balaban J connectivity index is 2.58. The molecule has 14 heavy (non-hydrogen) atoms. The maximum Gasteiger partial charge on any atom is 0.165 e. The minimum atomic E-state index is -0.317. The maximum atomic E-state index is 13.1. The number of benzene rings is 1. The minimum Gasteiger partial charge on any atom is -0.490 e. The zero-order chi connectivity index (χ0) is 10.6. The molecule has 0 radical (unpaired) electrons. The molecule has 0 fully saturated rings. The average molecular weight is 214 g/mol. The first-order valence-corrected chi connectivity index (χ1v) is 5.16. The van der Waals surface area contributed by atoms with E-state index in [9.17, 15) is 4.39 Å². The lowest BCUT2D eigenvalue weighted by Crippen LogP contribution is -2.23. The van der Waals surface area contributed by atoms with E-state index in [1.807, 2.05) is 13.8 Å². The molecule has 0 bridgehead atoms. The van der Waals surface area contributed by atoms with Gasteiger partial charge in [-0.15, -0.1) is 0 Å². The zero-order valence-electron chi connectivity index (χ0n) is 8.46. The molecule has 0 spiro atoms. The van der Waals surface area contributed by atoms with Crippen molar-refractivity contribution in [2.24, 2.45) is 5.41 Å². The molecule has 78 valence electrons. The van der Waals surface area contributed by atoms with Gasteiger partial charge in [-0.25, -0.2) is 4.39 Å². The number of rotatable bonds is 4. The molecule has 0 unspecified atom stereocenters. The molecule has 0 aliphatic carbocycles. The van der Waals surface area contributed by atoms with Crippen LogP contribution in [-0.4, -0.2) is 12.4 Å². The van der Waals surface area contributed by atoms with Gasteiger partial charge in [0.05, 0.1) is 6.61 Å². The van der Waals surface area contributed by atoms with E-state index in [1.54, 1.807) is 18.2 Å². The van der Waals surface area contributed by atoms with Crippen LogP contribution >= 0.6 is 12.6 Å². The Hall–Kier alpha value is -0.700. The van der Waals surface area contributed by atoms with E-state index in [4.69, 9.17) is 4.74 Å². The molecule has 1 aromatic rings. The summed E-state index contributed by atoms with van der Waals surface area (Å²) >= 11 is 4.20. The SMILES string of the molecule is CC(C)(CS)COc1ccccc1F. The Morgan fingerprint density at radius 1 is 1.36 bits per heavy atom. The molecule has 0 heterocycles. The number of para-hydroxylation sites is 1. The topological polar surface area (TPSA) is 9.23 Å². The predicted octanol–water partition coefficient (Wildman–Crippen LogP) is 3.16. The van der Waals surface area contributed by atoms with Crippen molar-refractivity contribution in [2.45, 2.75) is 13.8 Å². The molecule has 0 N–H and O–H groups in total. The van der Waals surface area contributed by atoms with Gasteiger partial charge < -0.3 is 4.74 Å². The van der Waals surface area contributed by atoms with Gasteiger partial charge in [-0.3, -0.25) is 0 Å². The Bertz CT molecular complexity index is 299. The van der Waals surface area contributed by atoms with Crippen LogP contribution in [0.15, 0.2) is 24.3 Å². The van der Waals surface area contributed by atoms with E-state index < -0.39 is 0 Å². The third kappa shape index (κ3) is 3.22. The predicted molar refractivity (Wildman–Crippen MR) is 59.5 cm³/mol. The molecule has 1 rings (SSSR count). The highest BCUT2D eigenvalue weighted by Gasteiger charge is 2.17. The third-order valence-electron chi connectivity index (χ3n) is 1.88. The average Bonchev–Trinajstić information content (AvgIpc) is 2.17. The van der Waals surface area contributed by atoms with Gasteiger partial charge in [0, 0.05) is 5.41 Å². The van der Waals surface area contributed by atoms with Crippen LogP contribution in [0.5, 0.6) is 5.75 Å². The largest absolute Gasteiger partial charge is 0.490 e. The molecule has 0 aromatic heterocycles. The summed E-state index contributed by atoms with van der Waals surface area (Å²) in [5.41, 5.74) is -0.0363. The molecular formula is C11H15FOS. The summed E-state index contributed by atoms with van der Waals surface area (Å²) in [6.45, 7) is 4.53. The van der Waals surface area contributed by atoms with Crippen LogP contribution in [0.2, 0.25) is 0 Å². The van der Waals surface area contributed by atoms with Gasteiger partial charge in [-0.05, 0) is 17.9 Å². The Morgan fingerprint density at radius 2 is 2.00 bits per heavy atom. The summed E-state index contributed by atoms with van der Waals surface area (Å²) < 4.78 is 18.5. The van der Waals surface area contributed by atoms with E-state index in [2.05, 4.69) is 12.6 Å². The second kappa shape index (κ2) is 4.69. The first-order valence-electron chi connectivity index (χ1n) is 4.53. The number of hydrogen-bond donors (Lipinski definition) is 1. The highest BCUT2D eigenvalue weighted by atomic mass is 32.1. The van der Waals surface area contributed by atoms with Gasteiger partial charge in [-0.2, -0.15) is 12.6 Å². The van der Waals surface area contributed by atoms with Gasteiger partial charge in [0.15, 0.2) is 11.6 Å². The van der Waals surface area contributed by atoms with Gasteiger partial charge in [0.25, 0.3) is 0 Å². The van der Waals surface area contributed by atoms with Gasteiger partial charge in [-0.1, -0.05) is 26.0 Å². The van der Waals surface area contributed by atoms with Crippen molar-refractivity contribution >= 4 is 12.6 Å². The van der Waals surface area contributed by atoms with Crippen molar-refractivity contribution in [3.8, 4) is 5.75 Å². The number of thiol groups is 1. The van der Waals surface area contributed by atoms with Gasteiger partial charge in [0.1, 0.15) is 0 Å². The van der Waals surface area contributed by atoms with E-state index in [0.29, 0.717) is 18.1 Å². The summed E-state index contributed by atoms with van der Waals surface area (Å²) in [4.78, 5) is 0. The molecule has 0 aliphatic heterocycles. The third-order valence-corrected chi connectivity index (χ3v) is 2.74. The Labute approximate surface area is 89.7 Å². The first kappa shape index (κ1) is 11.4. The van der Waals surface area contributed by atoms with E-state index in [0.717, 1.165) is 0 Å². The molecule has 0 saturated heterocycles. The number of halogens is 1. The van der Waals surface area contributed by atoms with Crippen molar-refractivity contribution in [1.82, 2.24) is 0 Å². The summed E-state index contributed by atoms with van der Waals surface area (Å²) in [5.74, 6) is 0.700. The van der Waals surface area contributed by atoms with Crippen LogP contribution in [0.4, 0.5) is 4.39 Å². The summed E-state index contributed by atoms with van der Waals surface area (Å²) in [6, 6.07) is 6.42. The highest BCUT2D eigenvalue weighted by molar-refractivity contribution is 7.80. The van der Waals surface area contributed by atoms with Crippen molar-refractivity contribution < 1.29 is 9.13 Å². The van der Waals surface area contributed by atoms with Crippen molar-refractivity contribution in [2.75, 3.05) is 12.4 Å². The van der Waals surface area contributed by atoms with E-state index in [1.165, 1.54) is 6.07 Å². The van der Waals surface area contributed by atoms with Crippen LogP contribution in [0.3, 0.4) is 0 Å². The van der Waals surface area contributed by atoms with Gasteiger partial charge in [0.2, 0.25) is 0 Å². The van der Waals surface area contributed by atoms with E-state index in [-0.39, 0.29) is 11.2 Å². The zero-order valence-corrected chi connectivity index (χ0v) is 9.35. The fourth-order valence-electron chi connectivity index (χ4n) is 0.881. The Morgan fingerprint density at radius 3 is 2.57 bits per heavy atom. The molecular weight excluding hydrogens is 199 g/mol. The monoisotopic (exact) mass is 214 g/mol. The summed E-state index contributed by atoms with van der Waals surface area (Å²) in [6.07, 6.45) is 0. The molecule has 0 aliphatic rings. The second-order valence-electron chi connectivity index (χ2n) is 4.04. The van der Waals surface area contributed by atoms with Crippen molar-refractivity contribution in [3.63, 3.8) is 0 Å². The smallest absolute Gasteiger partial charge is 0.165 e. The van der Waals surface area contributed by atoms with Crippen LogP contribution < -0.4 is 4.74 Å². The highest BCUT2D eigenvalue weighted by Crippen LogP contribution is 2.21. The molecule has 1 nitrogen and oxygen atoms in total. The van der Waals surface area contributed by atoms with Crippen LogP contribution in [0.25, 0.3) is 0 Å². The van der Waals surface area contributed by atoms with Gasteiger partial charge >= 0.3 is 0 Å². The van der Waals surface area contributed by atoms with Crippen molar-refractivity contribution in [3.05, 3.63) is 30.1 Å². The molecule has 0 atom stereocenters. The lowest BCUT2D eigenvalue weighted by molar-refractivity contribution is 0.195. The number of ether oxygens (including phenoxy) is 1. The maximum absolute atomic E-state index is 13.1. The quantitative estimate of drug-likeness (QED) is 0.757. The molecule has 0 saturated carbocycles. The second-order valence-corrected chi connectivity index (χ2v) is 4.36. The molecule has 3 heteroatoms. The number of hydrogen-bond acceptors (Lipinski definition) is 2. The fourth-order valence-corrected chi connectivity index (χ4v) is 0.972. The summed E-state index contributed by atoms with van der Waals surface area (Å²) in [5, 5.41) is 0. The van der Waals surface area contributed by atoms with Crippen LogP contribution in [-0.2, 0) is 0 Å². The molecule has 1 aromatic carbocycles. The standard InChI is InChI=1S/C11H15FOS/c1-11(2,8-14)7-13-10-6-4-3-5-9(10)12/h3-6,14H,7-8H2,1-2H3. The lowest BCUT2D eigenvalue weighted by Gasteiger charge is -2.22. The van der Waals surface area contributed by atoms with Crippen LogP contribution in [0, 0.1) is 11.2 Å². The lowest BCUT2D eigenvalue weighted by atomic mass is 9.98. The van der Waals surface area contributed by atoms with Crippen LogP contribution in [0.1, 0.15) is 13.8 Å². The van der Waals surface area contributed by atoms with Crippen molar-refractivity contribution in [1.29, 1.82) is 0 Å². The normalized spacial score (nSPS) is 11.4. The summed E-state index contributed by atoms with van der Waals surface area (Å²) in [7, 11) is 0. The van der Waals surface area contributed by atoms with E-state index >= 15 is 0 Å². The first-order chi connectivity index (χ1) is 6.55. The Kier molecular flexibility index (Phi) is 3.81. The minimum absolute atomic E-state index is 0.0363. The molecule has 0 amide bonds. The fraction of sp³-hybridized carbons (Fsp3) is 0.455.